The summed E-state index contributed by atoms with van der Waals surface area (Å²) in [4.78, 5) is 0. The van der Waals surface area contributed by atoms with E-state index in [1.165, 1.54) is 24.1 Å². The van der Waals surface area contributed by atoms with Gasteiger partial charge in [-0.2, -0.15) is 0 Å². The molecule has 1 fully saturated rings. The highest BCUT2D eigenvalue weighted by Crippen LogP contribution is 2.13. The van der Waals surface area contributed by atoms with E-state index in [0.717, 1.165) is 13.1 Å². The van der Waals surface area contributed by atoms with Gasteiger partial charge in [0, 0.05) is 11.7 Å². The third kappa shape index (κ3) is 4.23. The van der Waals surface area contributed by atoms with Crippen LogP contribution in [0, 0.1) is 6.92 Å². The van der Waals surface area contributed by atoms with Gasteiger partial charge in [0.2, 0.25) is 0 Å². The lowest BCUT2D eigenvalue weighted by molar-refractivity contribution is 0.479. The lowest BCUT2D eigenvalue weighted by atomic mass is 10.1. The zero-order valence-electron chi connectivity index (χ0n) is 10.7. The fourth-order valence-corrected chi connectivity index (χ4v) is 1.85. The molecule has 0 atom stereocenters. The summed E-state index contributed by atoms with van der Waals surface area (Å²) in [5.74, 6) is 0. The van der Waals surface area contributed by atoms with Crippen molar-refractivity contribution in [1.82, 2.24) is 5.32 Å². The molecule has 0 aliphatic carbocycles. The molecular weight excluding hydrogens is 196 g/mol. The lowest BCUT2D eigenvalue weighted by Crippen LogP contribution is -2.35. The molecule has 0 spiro atoms. The summed E-state index contributed by atoms with van der Waals surface area (Å²) in [6.45, 7) is 8.40. The first-order valence-electron chi connectivity index (χ1n) is 6.38. The predicted molar refractivity (Wildman–Crippen MR) is 72.0 cm³/mol. The number of aryl methyl sites for hydroxylation is 1. The van der Waals surface area contributed by atoms with E-state index >= 15 is 0 Å². The van der Waals surface area contributed by atoms with Gasteiger partial charge in [0.05, 0.1) is 0 Å². The fraction of sp³-hybridized carbons (Fsp3) is 0.571. The summed E-state index contributed by atoms with van der Waals surface area (Å²) >= 11 is 0. The highest BCUT2D eigenvalue weighted by Gasteiger charge is 2.11. The molecule has 0 saturated carbocycles. The van der Waals surface area contributed by atoms with Crippen molar-refractivity contribution >= 4 is 5.69 Å². The van der Waals surface area contributed by atoms with Crippen LogP contribution in [-0.2, 0) is 0 Å². The quantitative estimate of drug-likeness (QED) is 0.800. The van der Waals surface area contributed by atoms with Crippen LogP contribution < -0.4 is 10.6 Å². The number of benzene rings is 1. The molecule has 1 aliphatic rings. The molecule has 16 heavy (non-hydrogen) atoms. The maximum Gasteiger partial charge on any atom is 0.0342 e. The molecule has 2 heteroatoms. The van der Waals surface area contributed by atoms with Crippen LogP contribution in [0.5, 0.6) is 0 Å². The number of hydrogen-bond acceptors (Lipinski definition) is 2. The highest BCUT2D eigenvalue weighted by atomic mass is 15.0. The number of rotatable bonds is 2. The molecule has 0 amide bonds. The van der Waals surface area contributed by atoms with Crippen molar-refractivity contribution in [1.29, 1.82) is 0 Å². The molecule has 1 aromatic carbocycles. The van der Waals surface area contributed by atoms with E-state index in [1.54, 1.807) is 0 Å². The summed E-state index contributed by atoms with van der Waals surface area (Å²) in [6, 6.07) is 9.29. The molecule has 2 rings (SSSR count). The highest BCUT2D eigenvalue weighted by molar-refractivity contribution is 5.45. The maximum absolute atomic E-state index is 3.57. The van der Waals surface area contributed by atoms with Crippen molar-refractivity contribution in [2.24, 2.45) is 0 Å². The first kappa shape index (κ1) is 13.0. The standard InChI is InChI=1S/C12H18N2.C2H6/c1-10-2-4-11(5-3-10)14-12-6-8-13-9-7-12;1-2/h2-5,12-14H,6-9H2,1H3;1-2H3. The Morgan fingerprint density at radius 2 is 1.62 bits per heavy atom. The minimum absolute atomic E-state index is 0.652. The Bertz CT molecular complexity index is 273. The van der Waals surface area contributed by atoms with Crippen LogP contribution in [-0.4, -0.2) is 19.1 Å². The third-order valence-electron chi connectivity index (χ3n) is 2.76. The Hall–Kier alpha value is -1.02. The van der Waals surface area contributed by atoms with Crippen molar-refractivity contribution in [2.75, 3.05) is 18.4 Å². The Morgan fingerprint density at radius 1 is 1.06 bits per heavy atom. The number of hydrogen-bond donors (Lipinski definition) is 2. The van der Waals surface area contributed by atoms with Crippen molar-refractivity contribution in [2.45, 2.75) is 39.7 Å². The van der Waals surface area contributed by atoms with Crippen LogP contribution in [0.15, 0.2) is 24.3 Å². The monoisotopic (exact) mass is 220 g/mol. The van der Waals surface area contributed by atoms with E-state index < -0.39 is 0 Å². The van der Waals surface area contributed by atoms with Gasteiger partial charge in [0.1, 0.15) is 0 Å². The Morgan fingerprint density at radius 3 is 2.19 bits per heavy atom. The predicted octanol–water partition coefficient (Wildman–Crippen LogP) is 3.19. The second-order valence-corrected chi connectivity index (χ2v) is 4.03. The summed E-state index contributed by atoms with van der Waals surface area (Å²) in [5.41, 5.74) is 2.57. The second-order valence-electron chi connectivity index (χ2n) is 4.03. The van der Waals surface area contributed by atoms with Crippen LogP contribution in [0.3, 0.4) is 0 Å². The van der Waals surface area contributed by atoms with Crippen LogP contribution in [0.25, 0.3) is 0 Å². The van der Waals surface area contributed by atoms with Gasteiger partial charge in [0.25, 0.3) is 0 Å². The fourth-order valence-electron chi connectivity index (χ4n) is 1.85. The summed E-state index contributed by atoms with van der Waals surface area (Å²) < 4.78 is 0. The zero-order chi connectivity index (χ0) is 11.8. The van der Waals surface area contributed by atoms with Gasteiger partial charge >= 0.3 is 0 Å². The minimum atomic E-state index is 0.652. The van der Waals surface area contributed by atoms with E-state index in [-0.39, 0.29) is 0 Å². The molecule has 2 N–H and O–H groups in total. The van der Waals surface area contributed by atoms with Gasteiger partial charge in [-0.15, -0.1) is 0 Å². The summed E-state index contributed by atoms with van der Waals surface area (Å²) in [5, 5.41) is 6.94. The molecule has 0 radical (unpaired) electrons. The van der Waals surface area contributed by atoms with Gasteiger partial charge in [-0.25, -0.2) is 0 Å². The molecule has 1 saturated heterocycles. The Labute approximate surface area is 99.5 Å². The normalized spacial score (nSPS) is 16.2. The third-order valence-corrected chi connectivity index (χ3v) is 2.76. The number of nitrogens with one attached hydrogen (secondary N) is 2. The van der Waals surface area contributed by atoms with Gasteiger partial charge in [-0.05, 0) is 45.0 Å². The van der Waals surface area contributed by atoms with Gasteiger partial charge in [0.15, 0.2) is 0 Å². The van der Waals surface area contributed by atoms with Crippen LogP contribution in [0.4, 0.5) is 5.69 Å². The zero-order valence-corrected chi connectivity index (χ0v) is 10.7. The van der Waals surface area contributed by atoms with Crippen molar-refractivity contribution < 1.29 is 0 Å². The molecule has 90 valence electrons. The van der Waals surface area contributed by atoms with Crippen LogP contribution in [0.2, 0.25) is 0 Å². The van der Waals surface area contributed by atoms with Crippen molar-refractivity contribution in [3.63, 3.8) is 0 Å². The van der Waals surface area contributed by atoms with E-state index in [9.17, 15) is 0 Å². The van der Waals surface area contributed by atoms with E-state index in [2.05, 4.69) is 41.8 Å². The first-order valence-corrected chi connectivity index (χ1v) is 6.38. The van der Waals surface area contributed by atoms with Crippen molar-refractivity contribution in [3.8, 4) is 0 Å². The van der Waals surface area contributed by atoms with Gasteiger partial charge < -0.3 is 10.6 Å². The molecular formula is C14H24N2. The number of piperidine rings is 1. The second kappa shape index (κ2) is 7.29. The van der Waals surface area contributed by atoms with Crippen LogP contribution in [0.1, 0.15) is 32.3 Å². The molecule has 0 aromatic heterocycles. The average molecular weight is 220 g/mol. The maximum atomic E-state index is 3.57. The topological polar surface area (TPSA) is 24.1 Å². The largest absolute Gasteiger partial charge is 0.382 e. The molecule has 1 aliphatic heterocycles. The van der Waals surface area contributed by atoms with Gasteiger partial charge in [-0.1, -0.05) is 31.5 Å². The Kier molecular flexibility index (Phi) is 5.94. The van der Waals surface area contributed by atoms with Gasteiger partial charge in [-0.3, -0.25) is 0 Å². The SMILES string of the molecule is CC.Cc1ccc(NC2CCNCC2)cc1. The molecule has 1 heterocycles. The molecule has 2 nitrogen and oxygen atoms in total. The molecule has 1 aromatic rings. The average Bonchev–Trinajstić information content (AvgIpc) is 2.36. The minimum Gasteiger partial charge on any atom is -0.382 e. The first-order chi connectivity index (χ1) is 7.84. The summed E-state index contributed by atoms with van der Waals surface area (Å²) in [7, 11) is 0. The smallest absolute Gasteiger partial charge is 0.0342 e. The van der Waals surface area contributed by atoms with E-state index in [4.69, 9.17) is 0 Å². The van der Waals surface area contributed by atoms with Crippen LogP contribution >= 0.6 is 0 Å². The van der Waals surface area contributed by atoms with Crippen molar-refractivity contribution in [3.05, 3.63) is 29.8 Å². The van der Waals surface area contributed by atoms with E-state index in [0.29, 0.717) is 6.04 Å². The van der Waals surface area contributed by atoms with E-state index in [1.807, 2.05) is 13.8 Å². The molecule has 0 unspecified atom stereocenters. The number of anilines is 1. The summed E-state index contributed by atoms with van der Waals surface area (Å²) in [6.07, 6.45) is 2.46. The lowest BCUT2D eigenvalue weighted by Gasteiger charge is -2.24. The molecule has 0 bridgehead atoms. The Balaban J connectivity index is 0.000000606.